The van der Waals surface area contributed by atoms with Crippen molar-refractivity contribution in [2.45, 2.75) is 59.2 Å². The molecule has 2 aliphatic rings. The minimum absolute atomic E-state index is 0.0158. The lowest BCUT2D eigenvalue weighted by atomic mass is 9.78. The Morgan fingerprint density at radius 1 is 0.407 bits per heavy atom. The SMILES string of the molecule is CCN(CC)c1ccc(C=NN=C2c3ccccc3-c3ccccc32)c(OCC(O)COc2ccc(C(C)(C)c3ccc(OCC(O)COc4cc(N(CC)CC)ccc4C=NN=C4c5ccccc5-c5ccccc54)cc3)cc2)c1. The van der Waals surface area contributed by atoms with Gasteiger partial charge in [-0.25, -0.2) is 0 Å². The van der Waals surface area contributed by atoms with Crippen molar-refractivity contribution >= 4 is 35.2 Å². The van der Waals surface area contributed by atoms with E-state index in [1.165, 1.54) is 0 Å². The smallest absolute Gasteiger partial charge is 0.130 e. The summed E-state index contributed by atoms with van der Waals surface area (Å²) in [4.78, 5) is 4.49. The molecule has 0 aliphatic heterocycles. The fraction of sp³-hybridized carbons (Fsp3) is 0.246. The molecule has 0 spiro atoms. The maximum Gasteiger partial charge on any atom is 0.130 e. The Morgan fingerprint density at radius 2 is 0.716 bits per heavy atom. The van der Waals surface area contributed by atoms with E-state index in [9.17, 15) is 10.2 Å². The lowest BCUT2D eigenvalue weighted by Crippen LogP contribution is -2.26. The molecule has 2 N–H and O–H groups in total. The molecule has 12 heteroatoms. The van der Waals surface area contributed by atoms with Crippen LogP contribution in [0, 0.1) is 0 Å². The molecule has 8 aromatic rings. The van der Waals surface area contributed by atoms with Gasteiger partial charge in [0.15, 0.2) is 0 Å². The minimum atomic E-state index is -0.904. The Labute approximate surface area is 476 Å². The molecule has 2 unspecified atom stereocenters. The summed E-state index contributed by atoms with van der Waals surface area (Å²) >= 11 is 0. The van der Waals surface area contributed by atoms with E-state index in [4.69, 9.17) is 29.2 Å². The Bertz CT molecular complexity index is 3250. The molecule has 412 valence electrons. The Kier molecular flexibility index (Phi) is 17.5. The number of anilines is 2. The van der Waals surface area contributed by atoms with Gasteiger partial charge in [0.25, 0.3) is 0 Å². The van der Waals surface area contributed by atoms with Gasteiger partial charge < -0.3 is 39.0 Å². The lowest BCUT2D eigenvalue weighted by molar-refractivity contribution is 0.0626. The summed E-state index contributed by atoms with van der Waals surface area (Å²) in [5, 5.41) is 40.8. The van der Waals surface area contributed by atoms with Crippen LogP contribution in [0.1, 0.15) is 86.1 Å². The van der Waals surface area contributed by atoms with Crippen LogP contribution in [0.2, 0.25) is 0 Å². The van der Waals surface area contributed by atoms with Crippen LogP contribution in [0.25, 0.3) is 22.3 Å². The summed E-state index contributed by atoms with van der Waals surface area (Å²) in [6, 6.07) is 61.0. The molecular weight excluding hydrogens is 1010 g/mol. The molecule has 0 aromatic heterocycles. The number of fused-ring (bicyclic) bond motifs is 6. The molecule has 12 nitrogen and oxygen atoms in total. The normalized spacial score (nSPS) is 13.1. The van der Waals surface area contributed by atoms with Crippen molar-refractivity contribution in [2.24, 2.45) is 20.4 Å². The van der Waals surface area contributed by atoms with Crippen LogP contribution >= 0.6 is 0 Å². The fourth-order valence-corrected chi connectivity index (χ4v) is 10.5. The number of hydrogen-bond acceptors (Lipinski definition) is 12. The molecular formula is C69H70N6O6. The van der Waals surface area contributed by atoms with E-state index < -0.39 is 12.2 Å². The van der Waals surface area contributed by atoms with Crippen molar-refractivity contribution in [3.8, 4) is 45.3 Å². The van der Waals surface area contributed by atoms with Gasteiger partial charge in [-0.15, -0.1) is 10.2 Å². The zero-order chi connectivity index (χ0) is 56.3. The second-order valence-corrected chi connectivity index (χ2v) is 20.6. The highest BCUT2D eigenvalue weighted by molar-refractivity contribution is 6.25. The highest BCUT2D eigenvalue weighted by Gasteiger charge is 2.27. The predicted molar refractivity (Wildman–Crippen MR) is 329 cm³/mol. The summed E-state index contributed by atoms with van der Waals surface area (Å²) < 4.78 is 24.8. The third-order valence-corrected chi connectivity index (χ3v) is 15.2. The topological polar surface area (TPSA) is 133 Å². The monoisotopic (exact) mass is 1080 g/mol. The maximum absolute atomic E-state index is 11.1. The first kappa shape index (κ1) is 55.5. The zero-order valence-corrected chi connectivity index (χ0v) is 47.0. The van der Waals surface area contributed by atoms with Crippen molar-refractivity contribution in [1.29, 1.82) is 0 Å². The zero-order valence-electron chi connectivity index (χ0n) is 47.0. The van der Waals surface area contributed by atoms with E-state index in [1.54, 1.807) is 12.4 Å². The molecule has 8 aromatic carbocycles. The van der Waals surface area contributed by atoms with Gasteiger partial charge in [0, 0.05) is 88.5 Å². The summed E-state index contributed by atoms with van der Waals surface area (Å²) in [6.07, 6.45) is 1.62. The number of aliphatic hydroxyl groups is 2. The summed E-state index contributed by atoms with van der Waals surface area (Å²) in [7, 11) is 0. The highest BCUT2D eigenvalue weighted by atomic mass is 16.5. The van der Waals surface area contributed by atoms with Gasteiger partial charge in [-0.2, -0.15) is 10.2 Å². The maximum atomic E-state index is 11.1. The summed E-state index contributed by atoms with van der Waals surface area (Å²) in [5.74, 6) is 2.47. The average Bonchev–Trinajstić information content (AvgIpc) is 4.22. The van der Waals surface area contributed by atoms with Crippen molar-refractivity contribution in [1.82, 2.24) is 0 Å². The van der Waals surface area contributed by atoms with E-state index in [0.29, 0.717) is 23.0 Å². The standard InChI is InChI=1S/C69H70N6O6/c1-7-74(8-2)51-33-27-47(41-70-72-67-61-23-15-11-19-57(61)58-20-12-16-24-62(58)67)65(39-51)80-45-53(76)43-78-55-35-29-49(30-36-55)69(5,6)50-31-37-56(38-32-50)79-44-54(77)46-81-66-40-52(75(9-3)10-4)34-28-48(66)42-71-73-68-63-25-17-13-21-59(63)60-22-14-18-26-64(60)68/h11-42,53-54,76-77H,7-10,43-46H2,1-6H3. The van der Waals surface area contributed by atoms with Crippen LogP contribution in [-0.4, -0.2) is 98.9 Å². The van der Waals surface area contributed by atoms with Gasteiger partial charge in [0.05, 0.1) is 12.4 Å². The van der Waals surface area contributed by atoms with Gasteiger partial charge in [0.2, 0.25) is 0 Å². The molecule has 0 amide bonds. The van der Waals surface area contributed by atoms with E-state index in [2.05, 4.69) is 122 Å². The lowest BCUT2D eigenvalue weighted by Gasteiger charge is -2.26. The van der Waals surface area contributed by atoms with Crippen LogP contribution in [0.15, 0.2) is 202 Å². The van der Waals surface area contributed by atoms with Crippen LogP contribution in [0.3, 0.4) is 0 Å². The first-order valence-electron chi connectivity index (χ1n) is 28.0. The molecule has 0 heterocycles. The van der Waals surface area contributed by atoms with Gasteiger partial charge in [0.1, 0.15) is 73.1 Å². The van der Waals surface area contributed by atoms with Crippen LogP contribution in [-0.2, 0) is 5.41 Å². The van der Waals surface area contributed by atoms with Gasteiger partial charge in [-0.3, -0.25) is 0 Å². The van der Waals surface area contributed by atoms with Crippen molar-refractivity contribution < 1.29 is 29.2 Å². The number of aliphatic hydroxyl groups excluding tert-OH is 2. The van der Waals surface area contributed by atoms with Gasteiger partial charge in [-0.1, -0.05) is 135 Å². The first-order valence-corrected chi connectivity index (χ1v) is 28.0. The Morgan fingerprint density at radius 3 is 1.04 bits per heavy atom. The number of benzene rings is 8. The Hall–Kier alpha value is -8.84. The van der Waals surface area contributed by atoms with Crippen molar-refractivity contribution in [3.63, 3.8) is 0 Å². The van der Waals surface area contributed by atoms with Crippen LogP contribution < -0.4 is 28.7 Å². The van der Waals surface area contributed by atoms with E-state index >= 15 is 0 Å². The molecule has 81 heavy (non-hydrogen) atoms. The third kappa shape index (κ3) is 12.5. The predicted octanol–water partition coefficient (Wildman–Crippen LogP) is 13.0. The Balaban J connectivity index is 0.725. The molecule has 0 saturated heterocycles. The number of nitrogens with zero attached hydrogens (tertiary/aromatic N) is 6. The fourth-order valence-electron chi connectivity index (χ4n) is 10.5. The average molecular weight is 1080 g/mol. The number of ether oxygens (including phenoxy) is 4. The van der Waals surface area contributed by atoms with Crippen LogP contribution in [0.4, 0.5) is 11.4 Å². The van der Waals surface area contributed by atoms with Gasteiger partial charge >= 0.3 is 0 Å². The molecule has 2 atom stereocenters. The van der Waals surface area contributed by atoms with Crippen LogP contribution in [0.5, 0.6) is 23.0 Å². The largest absolute Gasteiger partial charge is 0.491 e. The number of rotatable bonds is 24. The molecule has 10 rings (SSSR count). The minimum Gasteiger partial charge on any atom is -0.491 e. The summed E-state index contributed by atoms with van der Waals surface area (Å²) in [5.41, 5.74) is 15.8. The summed E-state index contributed by atoms with van der Waals surface area (Å²) in [6.45, 7) is 16.3. The van der Waals surface area contributed by atoms with Crippen molar-refractivity contribution in [2.75, 3.05) is 62.4 Å². The van der Waals surface area contributed by atoms with E-state index in [1.807, 2.05) is 121 Å². The second-order valence-electron chi connectivity index (χ2n) is 20.6. The second kappa shape index (κ2) is 25.5. The molecule has 2 aliphatic carbocycles. The molecule has 0 saturated carbocycles. The molecule has 0 fully saturated rings. The quantitative estimate of drug-likeness (QED) is 0.0451. The first-order chi connectivity index (χ1) is 39.6. The van der Waals surface area contributed by atoms with E-state index in [0.717, 1.165) is 116 Å². The number of hydrogen-bond donors (Lipinski definition) is 2. The van der Waals surface area contributed by atoms with Gasteiger partial charge in [-0.05, 0) is 110 Å². The van der Waals surface area contributed by atoms with Crippen molar-refractivity contribution in [3.05, 3.63) is 226 Å². The molecule has 0 radical (unpaired) electrons. The third-order valence-electron chi connectivity index (χ3n) is 15.2. The van der Waals surface area contributed by atoms with E-state index in [-0.39, 0.29) is 31.8 Å². The highest BCUT2D eigenvalue weighted by Crippen LogP contribution is 2.39. The molecule has 0 bridgehead atoms.